The Kier molecular flexibility index (Phi) is 6.36. The van der Waals surface area contributed by atoms with E-state index >= 15 is 0 Å². The van der Waals surface area contributed by atoms with Gasteiger partial charge in [-0.3, -0.25) is 9.59 Å². The number of benzene rings is 2. The van der Waals surface area contributed by atoms with Crippen LogP contribution in [0, 0.1) is 0 Å². The molecule has 6 nitrogen and oxygen atoms in total. The van der Waals surface area contributed by atoms with Crippen LogP contribution in [0.2, 0.25) is 0 Å². The number of halogens is 1. The van der Waals surface area contributed by atoms with Crippen molar-refractivity contribution in [2.75, 3.05) is 6.54 Å². The van der Waals surface area contributed by atoms with Gasteiger partial charge in [0.15, 0.2) is 0 Å². The molecule has 0 fully saturated rings. The minimum absolute atomic E-state index is 0. The van der Waals surface area contributed by atoms with Crippen LogP contribution < -0.4 is 11.3 Å². The number of nitrogens with zero attached hydrogens (tertiary/aromatic N) is 2. The molecule has 3 aromatic rings. The number of H-pyrrole nitrogens is 1. The number of hydrogen-bond acceptors (Lipinski definition) is 4. The van der Waals surface area contributed by atoms with Crippen LogP contribution in [-0.2, 0) is 16.9 Å². The van der Waals surface area contributed by atoms with Gasteiger partial charge in [0, 0.05) is 6.54 Å². The number of likely N-dealkylation sites (N-methyl/N-ethyl adjacent to an activating group) is 1. The first-order valence-corrected chi connectivity index (χ1v) is 8.55. The fraction of sp³-hybridized carbons (Fsp3) is 0.250. The van der Waals surface area contributed by atoms with Crippen molar-refractivity contribution in [2.24, 2.45) is 5.73 Å². The highest BCUT2D eigenvalue weighted by atomic mass is 35.5. The Hall–Kier alpha value is -2.70. The van der Waals surface area contributed by atoms with Crippen molar-refractivity contribution in [1.29, 1.82) is 0 Å². The van der Waals surface area contributed by atoms with Gasteiger partial charge in [0.25, 0.3) is 5.56 Å². The summed E-state index contributed by atoms with van der Waals surface area (Å²) in [7, 11) is 0. The molecular weight excluding hydrogens is 364 g/mol. The van der Waals surface area contributed by atoms with Crippen LogP contribution in [0.15, 0.2) is 59.4 Å². The molecule has 1 heterocycles. The number of rotatable bonds is 5. The molecule has 2 aromatic carbocycles. The summed E-state index contributed by atoms with van der Waals surface area (Å²) < 4.78 is 0. The number of aromatic amines is 1. The molecule has 0 bridgehead atoms. The number of aromatic nitrogens is 2. The summed E-state index contributed by atoms with van der Waals surface area (Å²) in [6, 6.07) is 16.4. The summed E-state index contributed by atoms with van der Waals surface area (Å²) in [5, 5.41) is 0.526. The highest BCUT2D eigenvalue weighted by Crippen LogP contribution is 2.21. The molecule has 0 saturated heterocycles. The lowest BCUT2D eigenvalue weighted by atomic mass is 9.91. The van der Waals surface area contributed by atoms with Gasteiger partial charge in [0.2, 0.25) is 5.91 Å². The maximum absolute atomic E-state index is 13.0. The van der Waals surface area contributed by atoms with Gasteiger partial charge in [-0.15, -0.1) is 12.4 Å². The number of nitrogens with two attached hydrogens (primary N) is 1. The maximum atomic E-state index is 13.0. The second kappa shape index (κ2) is 8.33. The van der Waals surface area contributed by atoms with Crippen LogP contribution in [0.1, 0.15) is 25.2 Å². The predicted octanol–water partition coefficient (Wildman–Crippen LogP) is 2.57. The molecule has 0 spiro atoms. The van der Waals surface area contributed by atoms with Crippen LogP contribution in [0.4, 0.5) is 0 Å². The van der Waals surface area contributed by atoms with E-state index in [2.05, 4.69) is 9.97 Å². The SMILES string of the molecule is CCN(Cc1nc2ccccc2c(=O)[nH]1)C(=O)C(C)(N)c1ccccc1.Cl. The number of para-hydroxylation sites is 1. The third-order valence-electron chi connectivity index (χ3n) is 4.49. The highest BCUT2D eigenvalue weighted by molar-refractivity contribution is 5.87. The van der Waals surface area contributed by atoms with E-state index in [-0.39, 0.29) is 30.4 Å². The topological polar surface area (TPSA) is 92.1 Å². The van der Waals surface area contributed by atoms with E-state index in [1.165, 1.54) is 0 Å². The third-order valence-corrected chi connectivity index (χ3v) is 4.49. The smallest absolute Gasteiger partial charge is 0.258 e. The van der Waals surface area contributed by atoms with Gasteiger partial charge in [-0.05, 0) is 31.5 Å². The molecule has 1 atom stereocenters. The Bertz CT molecular complexity index is 986. The quantitative estimate of drug-likeness (QED) is 0.704. The molecule has 3 rings (SSSR count). The third kappa shape index (κ3) is 4.18. The van der Waals surface area contributed by atoms with Crippen LogP contribution in [0.25, 0.3) is 10.9 Å². The Morgan fingerprint density at radius 1 is 1.15 bits per heavy atom. The Balaban J connectivity index is 0.00000261. The first-order valence-electron chi connectivity index (χ1n) is 8.55. The fourth-order valence-electron chi connectivity index (χ4n) is 2.95. The standard InChI is InChI=1S/C20H22N4O2.ClH/c1-3-24(19(26)20(2,21)14-9-5-4-6-10-14)13-17-22-16-12-8-7-11-15(16)18(25)23-17;/h4-12H,3,13,21H2,1-2H3,(H,22,23,25);1H. The molecule has 0 aliphatic heterocycles. The van der Waals surface area contributed by atoms with Crippen LogP contribution in [0.3, 0.4) is 0 Å². The second-order valence-electron chi connectivity index (χ2n) is 6.42. The zero-order valence-corrected chi connectivity index (χ0v) is 16.1. The Labute approximate surface area is 163 Å². The van der Waals surface area contributed by atoms with Crippen molar-refractivity contribution in [2.45, 2.75) is 25.9 Å². The molecule has 1 amide bonds. The summed E-state index contributed by atoms with van der Waals surface area (Å²) in [5.74, 6) is 0.217. The molecule has 3 N–H and O–H groups in total. The molecule has 1 unspecified atom stereocenters. The van der Waals surface area contributed by atoms with Crippen molar-refractivity contribution < 1.29 is 4.79 Å². The summed E-state index contributed by atoms with van der Waals surface area (Å²) in [4.78, 5) is 34.1. The van der Waals surface area contributed by atoms with E-state index in [4.69, 9.17) is 5.73 Å². The number of hydrogen-bond donors (Lipinski definition) is 2. The lowest BCUT2D eigenvalue weighted by Crippen LogP contribution is -2.50. The maximum Gasteiger partial charge on any atom is 0.258 e. The van der Waals surface area contributed by atoms with Gasteiger partial charge in [0.1, 0.15) is 11.4 Å². The van der Waals surface area contributed by atoms with Gasteiger partial charge in [0.05, 0.1) is 17.4 Å². The zero-order chi connectivity index (χ0) is 18.7. The molecule has 0 aliphatic carbocycles. The average Bonchev–Trinajstić information content (AvgIpc) is 2.66. The summed E-state index contributed by atoms with van der Waals surface area (Å²) >= 11 is 0. The Morgan fingerprint density at radius 3 is 2.44 bits per heavy atom. The van der Waals surface area contributed by atoms with E-state index in [0.29, 0.717) is 23.3 Å². The number of carbonyl (C=O) groups is 1. The molecule has 0 aliphatic rings. The molecule has 27 heavy (non-hydrogen) atoms. The van der Waals surface area contributed by atoms with Gasteiger partial charge in [-0.2, -0.15) is 0 Å². The lowest BCUT2D eigenvalue weighted by molar-refractivity contribution is -0.137. The molecule has 0 saturated carbocycles. The lowest BCUT2D eigenvalue weighted by Gasteiger charge is -2.31. The number of fused-ring (bicyclic) bond motifs is 1. The second-order valence-corrected chi connectivity index (χ2v) is 6.42. The number of nitrogens with one attached hydrogen (secondary N) is 1. The van der Waals surface area contributed by atoms with Crippen molar-refractivity contribution >= 4 is 29.2 Å². The van der Waals surface area contributed by atoms with Crippen LogP contribution in [-0.4, -0.2) is 27.3 Å². The molecule has 1 aromatic heterocycles. The summed E-state index contributed by atoms with van der Waals surface area (Å²) in [5.41, 5.74) is 6.32. The van der Waals surface area contributed by atoms with E-state index < -0.39 is 5.54 Å². The van der Waals surface area contributed by atoms with Crippen molar-refractivity contribution in [3.8, 4) is 0 Å². The minimum Gasteiger partial charge on any atom is -0.334 e. The monoisotopic (exact) mass is 386 g/mol. The molecular formula is C20H23ClN4O2. The zero-order valence-electron chi connectivity index (χ0n) is 15.3. The normalized spacial score (nSPS) is 12.9. The average molecular weight is 387 g/mol. The first-order chi connectivity index (χ1) is 12.4. The van der Waals surface area contributed by atoms with Crippen molar-refractivity contribution in [3.05, 3.63) is 76.3 Å². The molecule has 7 heteroatoms. The van der Waals surface area contributed by atoms with Crippen LogP contribution >= 0.6 is 12.4 Å². The largest absolute Gasteiger partial charge is 0.334 e. The molecule has 0 radical (unpaired) electrons. The van der Waals surface area contributed by atoms with Gasteiger partial charge in [-0.25, -0.2) is 4.98 Å². The van der Waals surface area contributed by atoms with Gasteiger partial charge >= 0.3 is 0 Å². The van der Waals surface area contributed by atoms with E-state index in [1.807, 2.05) is 43.3 Å². The highest BCUT2D eigenvalue weighted by Gasteiger charge is 2.34. The summed E-state index contributed by atoms with van der Waals surface area (Å²) in [6.07, 6.45) is 0. The Morgan fingerprint density at radius 2 is 1.78 bits per heavy atom. The van der Waals surface area contributed by atoms with E-state index in [0.717, 1.165) is 5.56 Å². The van der Waals surface area contributed by atoms with Crippen molar-refractivity contribution in [3.63, 3.8) is 0 Å². The van der Waals surface area contributed by atoms with Crippen LogP contribution in [0.5, 0.6) is 0 Å². The minimum atomic E-state index is -1.16. The predicted molar refractivity (Wildman–Crippen MR) is 109 cm³/mol. The van der Waals surface area contributed by atoms with E-state index in [1.54, 1.807) is 30.0 Å². The van der Waals surface area contributed by atoms with Gasteiger partial charge < -0.3 is 15.6 Å². The van der Waals surface area contributed by atoms with Crippen molar-refractivity contribution in [1.82, 2.24) is 14.9 Å². The summed E-state index contributed by atoms with van der Waals surface area (Å²) in [6.45, 7) is 4.21. The number of carbonyl (C=O) groups excluding carboxylic acids is 1. The van der Waals surface area contributed by atoms with Gasteiger partial charge in [-0.1, -0.05) is 42.5 Å². The fourth-order valence-corrected chi connectivity index (χ4v) is 2.95. The number of amides is 1. The van der Waals surface area contributed by atoms with E-state index in [9.17, 15) is 9.59 Å². The molecule has 142 valence electrons. The first kappa shape index (κ1) is 20.6.